The highest BCUT2D eigenvalue weighted by Crippen LogP contribution is 2.77. The lowest BCUT2D eigenvalue weighted by atomic mass is 9.89. The predicted molar refractivity (Wildman–Crippen MR) is 77.4 cm³/mol. The molecule has 0 aromatic heterocycles. The first kappa shape index (κ1) is 12.3. The van der Waals surface area contributed by atoms with Crippen molar-refractivity contribution >= 4 is 35.6 Å². The van der Waals surface area contributed by atoms with Gasteiger partial charge in [0.25, 0.3) is 0 Å². The predicted octanol–water partition coefficient (Wildman–Crippen LogP) is 3.68. The third kappa shape index (κ3) is 1.14. The summed E-state index contributed by atoms with van der Waals surface area (Å²) >= 11 is 3.60. The standard InChI is InChI=1S/C14H15BrO2Si/c1-18(2,3)14-8-13(14,15)11(16)9-6-4-5-7-10(9)12(14)17/h4-7H,8H2,1-3H3. The quantitative estimate of drug-likeness (QED) is 0.583. The van der Waals surface area contributed by atoms with Gasteiger partial charge in [0.05, 0.1) is 17.4 Å². The second-order valence-corrected chi connectivity index (χ2v) is 13.0. The number of rotatable bonds is 1. The van der Waals surface area contributed by atoms with E-state index < -0.39 is 17.4 Å². The van der Waals surface area contributed by atoms with Crippen LogP contribution in [0.2, 0.25) is 24.7 Å². The highest BCUT2D eigenvalue weighted by atomic mass is 79.9. The topological polar surface area (TPSA) is 34.1 Å². The molecule has 18 heavy (non-hydrogen) atoms. The number of benzene rings is 1. The monoisotopic (exact) mass is 322 g/mol. The number of fused-ring (bicyclic) bond motifs is 2. The lowest BCUT2D eigenvalue weighted by Crippen LogP contribution is -2.45. The molecule has 1 saturated carbocycles. The zero-order valence-corrected chi connectivity index (χ0v) is 13.3. The summed E-state index contributed by atoms with van der Waals surface area (Å²) in [5, 5.41) is -0.439. The zero-order valence-electron chi connectivity index (χ0n) is 10.7. The van der Waals surface area contributed by atoms with Crippen LogP contribution in [0, 0.1) is 0 Å². The normalized spacial score (nSPS) is 34.0. The first-order valence-electron chi connectivity index (χ1n) is 6.13. The third-order valence-corrected chi connectivity index (χ3v) is 9.58. The molecule has 0 saturated heterocycles. The number of carbonyl (C=O) groups excluding carboxylic acids is 2. The Bertz CT molecular complexity index is 590. The maximum Gasteiger partial charge on any atom is 0.181 e. The number of ketones is 2. The Kier molecular flexibility index (Phi) is 2.20. The van der Waals surface area contributed by atoms with Gasteiger partial charge in [0.2, 0.25) is 0 Å². The van der Waals surface area contributed by atoms with E-state index in [2.05, 4.69) is 35.6 Å². The summed E-state index contributed by atoms with van der Waals surface area (Å²) in [5.74, 6) is 0.272. The average molecular weight is 323 g/mol. The fourth-order valence-corrected chi connectivity index (χ4v) is 9.15. The van der Waals surface area contributed by atoms with Gasteiger partial charge in [-0.1, -0.05) is 59.8 Å². The van der Waals surface area contributed by atoms with Crippen molar-refractivity contribution in [3.63, 3.8) is 0 Å². The maximum absolute atomic E-state index is 12.8. The second-order valence-electron chi connectivity index (χ2n) is 6.34. The fourth-order valence-electron chi connectivity index (χ4n) is 3.38. The van der Waals surface area contributed by atoms with Crippen LogP contribution in [0.25, 0.3) is 0 Å². The van der Waals surface area contributed by atoms with Crippen LogP contribution in [-0.4, -0.2) is 24.0 Å². The number of hydrogen-bond donors (Lipinski definition) is 0. The molecule has 0 amide bonds. The molecule has 2 aliphatic carbocycles. The molecule has 2 unspecified atom stereocenters. The van der Waals surface area contributed by atoms with Crippen LogP contribution < -0.4 is 0 Å². The van der Waals surface area contributed by atoms with Gasteiger partial charge in [-0.3, -0.25) is 9.59 Å². The molecule has 0 bridgehead atoms. The van der Waals surface area contributed by atoms with Crippen LogP contribution in [0.15, 0.2) is 24.3 Å². The molecule has 0 radical (unpaired) electrons. The summed E-state index contributed by atoms with van der Waals surface area (Å²) in [6.45, 7) is 6.53. The van der Waals surface area contributed by atoms with E-state index in [1.54, 1.807) is 12.1 Å². The SMILES string of the molecule is C[Si](C)(C)C12CC1(Br)C(=O)c1ccccc1C2=O. The van der Waals surface area contributed by atoms with E-state index in [0.717, 1.165) is 0 Å². The summed E-state index contributed by atoms with van der Waals surface area (Å²) in [6.07, 6.45) is 0.669. The molecule has 2 atom stereocenters. The first-order valence-corrected chi connectivity index (χ1v) is 10.4. The summed E-state index contributed by atoms with van der Waals surface area (Å²) in [5.41, 5.74) is 1.21. The minimum Gasteiger partial charge on any atom is -0.294 e. The molecule has 2 aliphatic rings. The van der Waals surface area contributed by atoms with Gasteiger partial charge in [-0.25, -0.2) is 0 Å². The summed E-state index contributed by atoms with van der Waals surface area (Å²) < 4.78 is -0.615. The van der Waals surface area contributed by atoms with E-state index in [1.807, 2.05) is 12.1 Å². The van der Waals surface area contributed by atoms with Crippen LogP contribution in [0.1, 0.15) is 27.1 Å². The largest absolute Gasteiger partial charge is 0.294 e. The van der Waals surface area contributed by atoms with Gasteiger partial charge in [-0.05, 0) is 6.42 Å². The Morgan fingerprint density at radius 3 is 2.06 bits per heavy atom. The molecule has 0 aliphatic heterocycles. The smallest absolute Gasteiger partial charge is 0.181 e. The first-order chi connectivity index (χ1) is 8.26. The van der Waals surface area contributed by atoms with E-state index >= 15 is 0 Å². The summed E-state index contributed by atoms with van der Waals surface area (Å²) in [6, 6.07) is 7.23. The van der Waals surface area contributed by atoms with Gasteiger partial charge in [-0.2, -0.15) is 0 Å². The average Bonchev–Trinajstić information content (AvgIpc) is 2.96. The Morgan fingerprint density at radius 2 is 1.56 bits per heavy atom. The van der Waals surface area contributed by atoms with Crippen molar-refractivity contribution in [2.24, 2.45) is 0 Å². The molecular weight excluding hydrogens is 308 g/mol. The Morgan fingerprint density at radius 1 is 1.06 bits per heavy atom. The van der Waals surface area contributed by atoms with Gasteiger partial charge in [0.15, 0.2) is 11.6 Å². The minimum atomic E-state index is -1.77. The van der Waals surface area contributed by atoms with Crippen molar-refractivity contribution in [2.45, 2.75) is 35.4 Å². The van der Waals surface area contributed by atoms with Crippen LogP contribution in [-0.2, 0) is 0 Å². The summed E-state index contributed by atoms with van der Waals surface area (Å²) in [7, 11) is -1.77. The van der Waals surface area contributed by atoms with E-state index in [1.165, 1.54) is 0 Å². The Hall–Kier alpha value is -0.743. The molecule has 3 rings (SSSR count). The molecule has 94 valence electrons. The van der Waals surface area contributed by atoms with E-state index in [-0.39, 0.29) is 11.6 Å². The lowest BCUT2D eigenvalue weighted by Gasteiger charge is -2.34. The fraction of sp³-hybridized carbons (Fsp3) is 0.429. The molecule has 2 nitrogen and oxygen atoms in total. The van der Waals surface area contributed by atoms with Crippen molar-refractivity contribution in [3.05, 3.63) is 35.4 Å². The number of alkyl halides is 1. The molecule has 0 heterocycles. The molecule has 1 aromatic rings. The van der Waals surface area contributed by atoms with Crippen LogP contribution in [0.5, 0.6) is 0 Å². The van der Waals surface area contributed by atoms with Gasteiger partial charge in [0, 0.05) is 11.1 Å². The van der Waals surface area contributed by atoms with E-state index in [4.69, 9.17) is 0 Å². The van der Waals surface area contributed by atoms with Crippen molar-refractivity contribution in [1.82, 2.24) is 0 Å². The second kappa shape index (κ2) is 3.22. The molecule has 0 N–H and O–H groups in total. The number of carbonyl (C=O) groups is 2. The molecule has 4 heteroatoms. The molecule has 1 fully saturated rings. The van der Waals surface area contributed by atoms with Crippen LogP contribution in [0.3, 0.4) is 0 Å². The lowest BCUT2D eigenvalue weighted by molar-refractivity contribution is 0.0896. The van der Waals surface area contributed by atoms with Crippen molar-refractivity contribution in [3.8, 4) is 0 Å². The van der Waals surface area contributed by atoms with E-state index in [0.29, 0.717) is 17.5 Å². The number of Topliss-reactive ketones (excluding diaryl/α,β-unsaturated/α-hetero) is 2. The van der Waals surface area contributed by atoms with E-state index in [9.17, 15) is 9.59 Å². The van der Waals surface area contributed by atoms with Crippen LogP contribution >= 0.6 is 15.9 Å². The van der Waals surface area contributed by atoms with Crippen molar-refractivity contribution in [2.75, 3.05) is 0 Å². The van der Waals surface area contributed by atoms with Gasteiger partial charge < -0.3 is 0 Å². The Labute approximate surface area is 116 Å². The number of hydrogen-bond acceptors (Lipinski definition) is 2. The van der Waals surface area contributed by atoms with Crippen LogP contribution in [0.4, 0.5) is 0 Å². The molecular formula is C14H15BrO2Si. The van der Waals surface area contributed by atoms with Crippen molar-refractivity contribution in [1.29, 1.82) is 0 Å². The number of halogens is 1. The Balaban J connectivity index is 2.28. The minimum absolute atomic E-state index is 0.0973. The zero-order chi connectivity index (χ0) is 13.3. The van der Waals surface area contributed by atoms with Crippen molar-refractivity contribution < 1.29 is 9.59 Å². The van der Waals surface area contributed by atoms with Gasteiger partial charge in [0.1, 0.15) is 0 Å². The van der Waals surface area contributed by atoms with Gasteiger partial charge >= 0.3 is 0 Å². The summed E-state index contributed by atoms with van der Waals surface area (Å²) in [4.78, 5) is 25.4. The molecule has 0 spiro atoms. The highest BCUT2D eigenvalue weighted by Gasteiger charge is 2.80. The van der Waals surface area contributed by atoms with Gasteiger partial charge in [-0.15, -0.1) is 0 Å². The third-order valence-electron chi connectivity index (χ3n) is 4.50. The highest BCUT2D eigenvalue weighted by molar-refractivity contribution is 9.10. The molecule has 1 aromatic carbocycles. The maximum atomic E-state index is 12.8.